The van der Waals surface area contributed by atoms with Crippen molar-refractivity contribution >= 4 is 0 Å². The van der Waals surface area contributed by atoms with Gasteiger partial charge in [-0.1, -0.05) is 12.1 Å². The molecule has 0 saturated heterocycles. The molecule has 0 aliphatic carbocycles. The maximum Gasteiger partial charge on any atom is 0.255 e. The first kappa shape index (κ1) is 19.4. The summed E-state index contributed by atoms with van der Waals surface area (Å²) in [6.07, 6.45) is 2.38. The molecule has 0 bridgehead atoms. The molecule has 7 nitrogen and oxygen atoms in total. The lowest BCUT2D eigenvalue weighted by Gasteiger charge is -2.41. The molecule has 1 aromatic carbocycles. The van der Waals surface area contributed by atoms with Crippen molar-refractivity contribution in [2.24, 2.45) is 0 Å². The molecule has 0 radical (unpaired) electrons. The van der Waals surface area contributed by atoms with E-state index in [9.17, 15) is 14.3 Å². The summed E-state index contributed by atoms with van der Waals surface area (Å²) in [5.74, 6) is -0.113. The molecule has 0 fully saturated rings. The number of aliphatic hydroxyl groups excluding tert-OH is 1. The van der Waals surface area contributed by atoms with Crippen molar-refractivity contribution in [3.63, 3.8) is 0 Å². The Labute approximate surface area is 167 Å². The van der Waals surface area contributed by atoms with E-state index in [2.05, 4.69) is 15.3 Å². The summed E-state index contributed by atoms with van der Waals surface area (Å²) in [5, 5.41) is 14.1. The molecule has 4 rings (SSSR count). The molecule has 1 unspecified atom stereocenters. The topological polar surface area (TPSA) is 92.9 Å². The average Bonchev–Trinajstić information content (AvgIpc) is 2.70. The lowest BCUT2D eigenvalue weighted by Crippen LogP contribution is -2.53. The van der Waals surface area contributed by atoms with E-state index in [0.717, 1.165) is 0 Å². The Balaban J connectivity index is 1.76. The van der Waals surface area contributed by atoms with Crippen molar-refractivity contribution in [3.8, 4) is 11.4 Å². The maximum atomic E-state index is 13.6. The quantitative estimate of drug-likeness (QED) is 0.705. The molecule has 2 N–H and O–H groups in total. The molecule has 2 atom stereocenters. The standard InChI is InChI=1S/C21H22FN5O2/c1-21(2)15(9-18(28)13-4-3-5-14(22)8-13)20-26-17(16-6-7-23-11-24-16)10-19(29)27(20)12-25-21/h3-8,10-11,15,18,25,28H,9,12H2,1-2H3/t15?,18-/m0/s1. The van der Waals surface area contributed by atoms with E-state index >= 15 is 0 Å². The first-order valence-electron chi connectivity index (χ1n) is 9.42. The summed E-state index contributed by atoms with van der Waals surface area (Å²) < 4.78 is 15.2. The number of fused-ring (bicyclic) bond motifs is 1. The zero-order valence-corrected chi connectivity index (χ0v) is 16.2. The second-order valence-corrected chi connectivity index (χ2v) is 7.78. The van der Waals surface area contributed by atoms with Gasteiger partial charge in [0.05, 0.1) is 24.2 Å². The highest BCUT2D eigenvalue weighted by atomic mass is 19.1. The van der Waals surface area contributed by atoms with Gasteiger partial charge in [-0.2, -0.15) is 0 Å². The van der Waals surface area contributed by atoms with Gasteiger partial charge >= 0.3 is 0 Å². The normalized spacial score (nSPS) is 18.8. The van der Waals surface area contributed by atoms with Gasteiger partial charge in [0.15, 0.2) is 0 Å². The van der Waals surface area contributed by atoms with Gasteiger partial charge in [0.25, 0.3) is 5.56 Å². The molecule has 0 spiro atoms. The van der Waals surface area contributed by atoms with Crippen molar-refractivity contribution in [1.82, 2.24) is 24.8 Å². The summed E-state index contributed by atoms with van der Waals surface area (Å²) in [6.45, 7) is 4.33. The van der Waals surface area contributed by atoms with Crippen molar-refractivity contribution in [2.75, 3.05) is 0 Å². The van der Waals surface area contributed by atoms with Crippen molar-refractivity contribution < 1.29 is 9.50 Å². The van der Waals surface area contributed by atoms with Crippen LogP contribution in [0.15, 0.2) is 53.7 Å². The Hall–Kier alpha value is -2.97. The second kappa shape index (κ2) is 7.46. The SMILES string of the molecule is CC1(C)NCn2c(nc(-c3ccncn3)cc2=O)C1C[C@H](O)c1cccc(F)c1. The van der Waals surface area contributed by atoms with E-state index in [-0.39, 0.29) is 17.9 Å². The fraction of sp³-hybridized carbons (Fsp3) is 0.333. The number of halogens is 1. The molecular weight excluding hydrogens is 373 g/mol. The van der Waals surface area contributed by atoms with Crippen LogP contribution in [-0.2, 0) is 6.67 Å². The van der Waals surface area contributed by atoms with Crippen LogP contribution in [0, 0.1) is 5.82 Å². The van der Waals surface area contributed by atoms with Gasteiger partial charge in [-0.3, -0.25) is 14.7 Å². The molecule has 1 aliphatic heterocycles. The third kappa shape index (κ3) is 3.81. The minimum atomic E-state index is -0.900. The van der Waals surface area contributed by atoms with Crippen LogP contribution in [0.3, 0.4) is 0 Å². The number of hydrogen-bond acceptors (Lipinski definition) is 6. The van der Waals surface area contributed by atoms with E-state index in [1.165, 1.54) is 24.5 Å². The Morgan fingerprint density at radius 2 is 2.14 bits per heavy atom. The summed E-state index contributed by atoms with van der Waals surface area (Å²) >= 11 is 0. The summed E-state index contributed by atoms with van der Waals surface area (Å²) in [6, 6.07) is 9.07. The summed E-state index contributed by atoms with van der Waals surface area (Å²) in [7, 11) is 0. The average molecular weight is 395 g/mol. The zero-order chi connectivity index (χ0) is 20.6. The lowest BCUT2D eigenvalue weighted by atomic mass is 9.80. The van der Waals surface area contributed by atoms with Crippen LogP contribution in [-0.4, -0.2) is 30.2 Å². The first-order valence-corrected chi connectivity index (χ1v) is 9.42. The Morgan fingerprint density at radius 1 is 1.31 bits per heavy atom. The highest BCUT2D eigenvalue weighted by Crippen LogP contribution is 2.37. The van der Waals surface area contributed by atoms with Crippen molar-refractivity contribution in [3.05, 3.63) is 76.5 Å². The number of nitrogens with zero attached hydrogens (tertiary/aromatic N) is 4. The van der Waals surface area contributed by atoms with Crippen LogP contribution >= 0.6 is 0 Å². The second-order valence-electron chi connectivity index (χ2n) is 7.78. The molecule has 8 heteroatoms. The van der Waals surface area contributed by atoms with Crippen LogP contribution < -0.4 is 10.9 Å². The van der Waals surface area contributed by atoms with Gasteiger partial charge in [0.2, 0.25) is 0 Å². The highest BCUT2D eigenvalue weighted by molar-refractivity contribution is 5.52. The van der Waals surface area contributed by atoms with E-state index in [4.69, 9.17) is 4.98 Å². The van der Waals surface area contributed by atoms with Gasteiger partial charge in [-0.15, -0.1) is 0 Å². The van der Waals surface area contributed by atoms with Crippen LogP contribution in [0.4, 0.5) is 4.39 Å². The van der Waals surface area contributed by atoms with Crippen molar-refractivity contribution in [2.45, 2.75) is 44.5 Å². The molecule has 150 valence electrons. The Kier molecular flexibility index (Phi) is 4.97. The number of aliphatic hydroxyl groups is 1. The fourth-order valence-corrected chi connectivity index (χ4v) is 3.72. The Morgan fingerprint density at radius 3 is 2.86 bits per heavy atom. The third-order valence-corrected chi connectivity index (χ3v) is 5.45. The smallest absolute Gasteiger partial charge is 0.255 e. The molecule has 0 saturated carbocycles. The van der Waals surface area contributed by atoms with Gasteiger partial charge < -0.3 is 5.11 Å². The van der Waals surface area contributed by atoms with E-state index in [0.29, 0.717) is 29.4 Å². The minimum absolute atomic E-state index is 0.197. The number of nitrogens with one attached hydrogen (secondary N) is 1. The molecule has 1 aliphatic rings. The highest BCUT2D eigenvalue weighted by Gasteiger charge is 2.39. The van der Waals surface area contributed by atoms with E-state index in [1.54, 1.807) is 29.0 Å². The van der Waals surface area contributed by atoms with Gasteiger partial charge in [-0.05, 0) is 44.0 Å². The van der Waals surface area contributed by atoms with Gasteiger partial charge in [-0.25, -0.2) is 19.3 Å². The predicted octanol–water partition coefficient (Wildman–Crippen LogP) is 2.39. The summed E-state index contributed by atoms with van der Waals surface area (Å²) in [5.41, 5.74) is 0.884. The molecule has 3 aromatic rings. The minimum Gasteiger partial charge on any atom is -0.388 e. The molecule has 3 heterocycles. The monoisotopic (exact) mass is 395 g/mol. The molecule has 2 aromatic heterocycles. The Bertz CT molecular complexity index is 1080. The largest absolute Gasteiger partial charge is 0.388 e. The van der Waals surface area contributed by atoms with E-state index in [1.807, 2.05) is 13.8 Å². The van der Waals surface area contributed by atoms with Crippen LogP contribution in [0.2, 0.25) is 0 Å². The van der Waals surface area contributed by atoms with E-state index < -0.39 is 17.5 Å². The van der Waals surface area contributed by atoms with Crippen LogP contribution in [0.5, 0.6) is 0 Å². The van der Waals surface area contributed by atoms with Crippen LogP contribution in [0.1, 0.15) is 43.7 Å². The lowest BCUT2D eigenvalue weighted by molar-refractivity contribution is 0.119. The fourth-order valence-electron chi connectivity index (χ4n) is 3.72. The van der Waals surface area contributed by atoms with Gasteiger partial charge in [0, 0.05) is 23.7 Å². The zero-order valence-electron chi connectivity index (χ0n) is 16.2. The first-order chi connectivity index (χ1) is 13.8. The third-order valence-electron chi connectivity index (χ3n) is 5.45. The van der Waals surface area contributed by atoms with Gasteiger partial charge in [0.1, 0.15) is 18.0 Å². The number of rotatable bonds is 4. The molecule has 29 heavy (non-hydrogen) atoms. The number of benzene rings is 1. The molecular formula is C21H22FN5O2. The molecule has 0 amide bonds. The maximum absolute atomic E-state index is 13.6. The van der Waals surface area contributed by atoms with Crippen LogP contribution in [0.25, 0.3) is 11.4 Å². The van der Waals surface area contributed by atoms with Crippen molar-refractivity contribution in [1.29, 1.82) is 0 Å². The predicted molar refractivity (Wildman–Crippen MR) is 105 cm³/mol. The number of hydrogen-bond donors (Lipinski definition) is 2. The summed E-state index contributed by atoms with van der Waals surface area (Å²) in [4.78, 5) is 25.6. The number of aromatic nitrogens is 4.